The number of hydrogen-bond donors (Lipinski definition) is 0. The molecule has 0 saturated carbocycles. The van der Waals surface area contributed by atoms with Gasteiger partial charge in [-0.05, 0) is 58.8 Å². The zero-order chi connectivity index (χ0) is 21.8. The Bertz CT molecular complexity index is 1340. The van der Waals surface area contributed by atoms with Gasteiger partial charge in [-0.1, -0.05) is 42.5 Å². The molecule has 4 rings (SSSR count). The van der Waals surface area contributed by atoms with Crippen molar-refractivity contribution in [2.45, 2.75) is 6.92 Å². The molecule has 0 aliphatic carbocycles. The van der Waals surface area contributed by atoms with Crippen molar-refractivity contribution < 1.29 is 18.7 Å². The summed E-state index contributed by atoms with van der Waals surface area (Å²) < 4.78 is 17.6. The van der Waals surface area contributed by atoms with Crippen LogP contribution in [-0.4, -0.2) is 5.97 Å². The zero-order valence-corrected chi connectivity index (χ0v) is 18.1. The van der Waals surface area contributed by atoms with Crippen molar-refractivity contribution in [3.05, 3.63) is 105 Å². The fraction of sp³-hybridized carbons (Fsp3) is 0.0400. The van der Waals surface area contributed by atoms with E-state index in [0.29, 0.717) is 22.5 Å². The second kappa shape index (κ2) is 9.02. The van der Waals surface area contributed by atoms with Gasteiger partial charge in [0.05, 0.1) is 9.86 Å². The summed E-state index contributed by atoms with van der Waals surface area (Å²) in [6, 6.07) is 21.3. The number of rotatable bonds is 5. The van der Waals surface area contributed by atoms with Crippen LogP contribution in [-0.2, 0) is 4.79 Å². The van der Waals surface area contributed by atoms with E-state index in [1.54, 1.807) is 31.2 Å². The van der Waals surface area contributed by atoms with Gasteiger partial charge in [0.25, 0.3) is 0 Å². The predicted molar refractivity (Wildman–Crippen MR) is 123 cm³/mol. The molecule has 0 bridgehead atoms. The topological polar surface area (TPSA) is 65.7 Å². The van der Waals surface area contributed by atoms with Crippen LogP contribution in [0.1, 0.15) is 11.3 Å². The first-order valence-corrected chi connectivity index (χ1v) is 10.3. The number of para-hydroxylation sites is 1. The third kappa shape index (κ3) is 4.75. The molecule has 154 valence electrons. The molecule has 1 aromatic heterocycles. The molecular weight excluding hydrogens is 460 g/mol. The Morgan fingerprint density at radius 1 is 1.00 bits per heavy atom. The molecule has 31 heavy (non-hydrogen) atoms. The quantitative estimate of drug-likeness (QED) is 0.193. The van der Waals surface area contributed by atoms with Gasteiger partial charge in [0, 0.05) is 12.1 Å². The van der Waals surface area contributed by atoms with Gasteiger partial charge in [-0.3, -0.25) is 4.79 Å². The smallest absolute Gasteiger partial charge is 0.336 e. The van der Waals surface area contributed by atoms with E-state index in [9.17, 15) is 9.59 Å². The van der Waals surface area contributed by atoms with E-state index in [1.807, 2.05) is 48.5 Å². The zero-order valence-electron chi connectivity index (χ0n) is 16.5. The standard InChI is InChI=1S/C25H17BrO5/c1-16-25(31-21-10-6-5-9-20(21)26)24(28)19-13-12-18(15-22(19)29-16)30-23(27)14-11-17-7-3-2-4-8-17/h2-15H,1H3. The van der Waals surface area contributed by atoms with Crippen molar-refractivity contribution in [1.82, 2.24) is 0 Å². The lowest BCUT2D eigenvalue weighted by Gasteiger charge is -2.10. The molecule has 6 heteroatoms. The number of aryl methyl sites for hydroxylation is 1. The number of benzene rings is 3. The number of carbonyl (C=O) groups is 1. The molecule has 0 radical (unpaired) electrons. The average molecular weight is 477 g/mol. The molecule has 0 amide bonds. The van der Waals surface area contributed by atoms with Crippen molar-refractivity contribution in [3.8, 4) is 17.2 Å². The average Bonchev–Trinajstić information content (AvgIpc) is 2.77. The van der Waals surface area contributed by atoms with Gasteiger partial charge in [0.2, 0.25) is 11.2 Å². The first-order valence-electron chi connectivity index (χ1n) is 9.46. The highest BCUT2D eigenvalue weighted by Gasteiger charge is 2.16. The minimum absolute atomic E-state index is 0.106. The van der Waals surface area contributed by atoms with Gasteiger partial charge in [-0.15, -0.1) is 0 Å². The van der Waals surface area contributed by atoms with Crippen LogP contribution in [0.5, 0.6) is 17.2 Å². The molecule has 0 fully saturated rings. The van der Waals surface area contributed by atoms with Gasteiger partial charge in [0.15, 0.2) is 0 Å². The summed E-state index contributed by atoms with van der Waals surface area (Å²) in [5.74, 6) is 0.678. The molecule has 3 aromatic carbocycles. The lowest BCUT2D eigenvalue weighted by Crippen LogP contribution is -2.08. The summed E-state index contributed by atoms with van der Waals surface area (Å²) >= 11 is 3.40. The van der Waals surface area contributed by atoms with E-state index in [2.05, 4.69) is 15.9 Å². The van der Waals surface area contributed by atoms with Crippen LogP contribution in [0.25, 0.3) is 17.0 Å². The third-order valence-corrected chi connectivity index (χ3v) is 5.12. The van der Waals surface area contributed by atoms with Crippen LogP contribution >= 0.6 is 15.9 Å². The minimum atomic E-state index is -0.531. The summed E-state index contributed by atoms with van der Waals surface area (Å²) in [7, 11) is 0. The normalized spacial score (nSPS) is 11.0. The minimum Gasteiger partial charge on any atom is -0.457 e. The molecule has 1 heterocycles. The highest BCUT2D eigenvalue weighted by Crippen LogP contribution is 2.31. The van der Waals surface area contributed by atoms with E-state index in [0.717, 1.165) is 10.0 Å². The molecule has 5 nitrogen and oxygen atoms in total. The highest BCUT2D eigenvalue weighted by molar-refractivity contribution is 9.10. The lowest BCUT2D eigenvalue weighted by molar-refractivity contribution is -0.128. The summed E-state index contributed by atoms with van der Waals surface area (Å²) in [4.78, 5) is 25.1. The fourth-order valence-electron chi connectivity index (χ4n) is 2.97. The number of esters is 1. The number of carbonyl (C=O) groups excluding carboxylic acids is 1. The fourth-order valence-corrected chi connectivity index (χ4v) is 3.33. The van der Waals surface area contributed by atoms with Crippen LogP contribution in [0.4, 0.5) is 0 Å². The Hall–Kier alpha value is -3.64. The van der Waals surface area contributed by atoms with Gasteiger partial charge in [-0.2, -0.15) is 0 Å². The third-order valence-electron chi connectivity index (χ3n) is 4.47. The molecule has 0 aliphatic rings. The summed E-state index contributed by atoms with van der Waals surface area (Å²) in [5, 5.41) is 0.326. The van der Waals surface area contributed by atoms with E-state index in [1.165, 1.54) is 12.1 Å². The SMILES string of the molecule is Cc1oc2cc(OC(=O)C=Cc3ccccc3)ccc2c(=O)c1Oc1ccccc1Br. The Morgan fingerprint density at radius 3 is 2.52 bits per heavy atom. The second-order valence-electron chi connectivity index (χ2n) is 6.67. The van der Waals surface area contributed by atoms with Gasteiger partial charge < -0.3 is 13.9 Å². The van der Waals surface area contributed by atoms with E-state index in [4.69, 9.17) is 13.9 Å². The molecule has 4 aromatic rings. The van der Waals surface area contributed by atoms with Gasteiger partial charge >= 0.3 is 5.97 Å². The van der Waals surface area contributed by atoms with Crippen molar-refractivity contribution in [3.63, 3.8) is 0 Å². The van der Waals surface area contributed by atoms with E-state index < -0.39 is 5.97 Å². The van der Waals surface area contributed by atoms with E-state index >= 15 is 0 Å². The molecule has 0 atom stereocenters. The van der Waals surface area contributed by atoms with Gasteiger partial charge in [0.1, 0.15) is 22.8 Å². The maximum atomic E-state index is 12.9. The number of halogens is 1. The summed E-state index contributed by atoms with van der Waals surface area (Å²) in [6.45, 7) is 1.65. The molecular formula is C25H17BrO5. The molecule has 0 N–H and O–H groups in total. The van der Waals surface area contributed by atoms with Crippen molar-refractivity contribution >= 4 is 38.9 Å². The Kier molecular flexibility index (Phi) is 6.00. The Morgan fingerprint density at radius 2 is 1.74 bits per heavy atom. The van der Waals surface area contributed by atoms with Crippen LogP contribution in [0.3, 0.4) is 0 Å². The molecule has 0 saturated heterocycles. The Balaban J connectivity index is 1.58. The van der Waals surface area contributed by atoms with Crippen LogP contribution in [0.15, 0.2) is 92.6 Å². The predicted octanol–water partition coefficient (Wildman–Crippen LogP) is 6.28. The maximum Gasteiger partial charge on any atom is 0.336 e. The van der Waals surface area contributed by atoms with Crippen LogP contribution in [0.2, 0.25) is 0 Å². The second-order valence-corrected chi connectivity index (χ2v) is 7.53. The lowest BCUT2D eigenvalue weighted by atomic mass is 10.2. The molecule has 0 spiro atoms. The van der Waals surface area contributed by atoms with Gasteiger partial charge in [-0.25, -0.2) is 4.79 Å². The van der Waals surface area contributed by atoms with E-state index in [-0.39, 0.29) is 16.9 Å². The first kappa shape index (κ1) is 20.6. The van der Waals surface area contributed by atoms with Crippen molar-refractivity contribution in [2.24, 2.45) is 0 Å². The first-order chi connectivity index (χ1) is 15.0. The van der Waals surface area contributed by atoms with Crippen molar-refractivity contribution in [1.29, 1.82) is 0 Å². The highest BCUT2D eigenvalue weighted by atomic mass is 79.9. The number of ether oxygens (including phenoxy) is 2. The van der Waals surface area contributed by atoms with Crippen LogP contribution < -0.4 is 14.9 Å². The Labute approximate surface area is 186 Å². The number of fused-ring (bicyclic) bond motifs is 1. The molecule has 0 unspecified atom stereocenters. The summed E-state index contributed by atoms with van der Waals surface area (Å²) in [6.07, 6.45) is 3.01. The number of hydrogen-bond acceptors (Lipinski definition) is 5. The largest absolute Gasteiger partial charge is 0.457 e. The molecule has 0 aliphatic heterocycles. The maximum absolute atomic E-state index is 12.9. The monoisotopic (exact) mass is 476 g/mol. The summed E-state index contributed by atoms with van der Waals surface area (Å²) in [5.41, 5.74) is 0.882. The van der Waals surface area contributed by atoms with Crippen molar-refractivity contribution in [2.75, 3.05) is 0 Å². The van der Waals surface area contributed by atoms with Crippen LogP contribution in [0, 0.1) is 6.92 Å².